The van der Waals surface area contributed by atoms with Crippen LogP contribution in [0.15, 0.2) is 16.9 Å². The lowest BCUT2D eigenvalue weighted by Gasteiger charge is -2.49. The number of carbonyl (C=O) groups is 2. The van der Waals surface area contributed by atoms with Crippen molar-refractivity contribution >= 4 is 11.8 Å². The first-order valence-electron chi connectivity index (χ1n) is 7.67. The van der Waals surface area contributed by atoms with Crippen molar-refractivity contribution in [1.29, 1.82) is 0 Å². The molecular formula is C15H22N4O3. The summed E-state index contributed by atoms with van der Waals surface area (Å²) in [6, 6.07) is 1.59. The molecule has 1 atom stereocenters. The number of nitrogens with zero attached hydrogens (tertiary/aromatic N) is 4. The predicted molar refractivity (Wildman–Crippen MR) is 79.3 cm³/mol. The fourth-order valence-electron chi connectivity index (χ4n) is 3.42. The number of rotatable bonds is 1. The van der Waals surface area contributed by atoms with Gasteiger partial charge in [-0.15, -0.1) is 0 Å². The van der Waals surface area contributed by atoms with Gasteiger partial charge < -0.3 is 14.3 Å². The molecule has 7 nitrogen and oxygen atoms in total. The third kappa shape index (κ3) is 2.61. The number of hydrogen-bond donors (Lipinski definition) is 0. The molecular weight excluding hydrogens is 284 g/mol. The van der Waals surface area contributed by atoms with E-state index in [1.165, 1.54) is 6.26 Å². The Labute approximate surface area is 129 Å². The van der Waals surface area contributed by atoms with Crippen molar-refractivity contribution in [3.63, 3.8) is 0 Å². The Morgan fingerprint density at radius 1 is 1.27 bits per heavy atom. The van der Waals surface area contributed by atoms with Gasteiger partial charge in [-0.1, -0.05) is 5.16 Å². The van der Waals surface area contributed by atoms with Gasteiger partial charge in [0, 0.05) is 51.3 Å². The van der Waals surface area contributed by atoms with E-state index in [-0.39, 0.29) is 17.4 Å². The Morgan fingerprint density at radius 2 is 2.09 bits per heavy atom. The summed E-state index contributed by atoms with van der Waals surface area (Å²) in [6.07, 6.45) is 3.62. The fourth-order valence-corrected chi connectivity index (χ4v) is 3.42. The molecule has 0 radical (unpaired) electrons. The summed E-state index contributed by atoms with van der Waals surface area (Å²) in [4.78, 5) is 30.4. The molecule has 2 saturated heterocycles. The van der Waals surface area contributed by atoms with Gasteiger partial charge in [-0.2, -0.15) is 0 Å². The van der Waals surface area contributed by atoms with Crippen LogP contribution in [0, 0.1) is 0 Å². The van der Waals surface area contributed by atoms with Gasteiger partial charge in [-0.25, -0.2) is 0 Å². The molecule has 2 aliphatic heterocycles. The highest BCUT2D eigenvalue weighted by Crippen LogP contribution is 2.32. The van der Waals surface area contributed by atoms with Gasteiger partial charge in [-0.05, 0) is 19.9 Å². The molecule has 7 heteroatoms. The van der Waals surface area contributed by atoms with Crippen molar-refractivity contribution in [2.75, 3.05) is 40.3 Å². The Kier molecular flexibility index (Phi) is 3.90. The van der Waals surface area contributed by atoms with Crippen LogP contribution >= 0.6 is 0 Å². The molecule has 120 valence electrons. The standard InChI is InChI=1S/C15H22N4O3/c1-17-7-6-15(5-3-13(17)20)11-19(9-8-18(15)2)14(21)12-4-10-22-16-12/h4,10H,3,5-9,11H2,1-2H3/t15-/m1/s1. The van der Waals surface area contributed by atoms with Crippen LogP contribution in [-0.4, -0.2) is 77.5 Å². The number of likely N-dealkylation sites (N-methyl/N-ethyl adjacent to an activating group) is 1. The quantitative estimate of drug-likeness (QED) is 0.753. The molecule has 1 aromatic rings. The third-order valence-electron chi connectivity index (χ3n) is 5.09. The molecule has 0 saturated carbocycles. The fraction of sp³-hybridized carbons (Fsp3) is 0.667. The second-order valence-corrected chi connectivity index (χ2v) is 6.32. The summed E-state index contributed by atoms with van der Waals surface area (Å²) in [5.74, 6) is 0.0929. The minimum absolute atomic E-state index is 0.0925. The second kappa shape index (κ2) is 5.72. The molecule has 1 aromatic heterocycles. The van der Waals surface area contributed by atoms with Crippen LogP contribution in [0.2, 0.25) is 0 Å². The van der Waals surface area contributed by atoms with E-state index >= 15 is 0 Å². The molecule has 2 aliphatic rings. The topological polar surface area (TPSA) is 69.9 Å². The van der Waals surface area contributed by atoms with Crippen molar-refractivity contribution in [2.24, 2.45) is 0 Å². The van der Waals surface area contributed by atoms with E-state index in [1.807, 2.05) is 11.9 Å². The highest BCUT2D eigenvalue weighted by molar-refractivity contribution is 5.92. The Balaban J connectivity index is 1.78. The second-order valence-electron chi connectivity index (χ2n) is 6.32. The Bertz CT molecular complexity index is 559. The molecule has 2 fully saturated rings. The van der Waals surface area contributed by atoms with Crippen LogP contribution in [0.3, 0.4) is 0 Å². The molecule has 0 aliphatic carbocycles. The van der Waals surface area contributed by atoms with Crippen LogP contribution in [-0.2, 0) is 4.79 Å². The lowest BCUT2D eigenvalue weighted by atomic mass is 9.86. The summed E-state index contributed by atoms with van der Waals surface area (Å²) in [6.45, 7) is 2.85. The van der Waals surface area contributed by atoms with Gasteiger partial charge in [0.1, 0.15) is 6.26 Å². The smallest absolute Gasteiger partial charge is 0.276 e. The molecule has 3 rings (SSSR count). The summed E-state index contributed by atoms with van der Waals surface area (Å²) < 4.78 is 4.77. The largest absolute Gasteiger partial charge is 0.364 e. The van der Waals surface area contributed by atoms with E-state index in [0.29, 0.717) is 25.2 Å². The van der Waals surface area contributed by atoms with Gasteiger partial charge in [0.2, 0.25) is 5.91 Å². The third-order valence-corrected chi connectivity index (χ3v) is 5.09. The maximum absolute atomic E-state index is 12.5. The average molecular weight is 306 g/mol. The normalized spacial score (nSPS) is 27.3. The number of piperazine rings is 1. The van der Waals surface area contributed by atoms with E-state index in [9.17, 15) is 9.59 Å². The Hall–Kier alpha value is -1.89. The van der Waals surface area contributed by atoms with Crippen LogP contribution in [0.5, 0.6) is 0 Å². The lowest BCUT2D eigenvalue weighted by Crippen LogP contribution is -2.62. The number of carbonyl (C=O) groups excluding carboxylic acids is 2. The zero-order valence-electron chi connectivity index (χ0n) is 13.1. The van der Waals surface area contributed by atoms with Gasteiger partial charge in [0.05, 0.1) is 0 Å². The molecule has 0 unspecified atom stereocenters. The molecule has 3 heterocycles. The summed E-state index contributed by atoms with van der Waals surface area (Å²) in [7, 11) is 3.94. The van der Waals surface area contributed by atoms with Gasteiger partial charge in [-0.3, -0.25) is 14.5 Å². The molecule has 0 aromatic carbocycles. The average Bonchev–Trinajstić information content (AvgIpc) is 3.01. The number of likely N-dealkylation sites (tertiary alicyclic amines) is 1. The molecule has 22 heavy (non-hydrogen) atoms. The maximum Gasteiger partial charge on any atom is 0.276 e. The number of aromatic nitrogens is 1. The minimum atomic E-state index is -0.127. The predicted octanol–water partition coefficient (Wildman–Crippen LogP) is 0.443. The number of hydrogen-bond acceptors (Lipinski definition) is 5. The number of amides is 2. The first-order chi connectivity index (χ1) is 10.5. The van der Waals surface area contributed by atoms with Crippen LogP contribution in [0.1, 0.15) is 29.8 Å². The van der Waals surface area contributed by atoms with Crippen LogP contribution in [0.4, 0.5) is 0 Å². The zero-order chi connectivity index (χ0) is 15.7. The highest BCUT2D eigenvalue weighted by Gasteiger charge is 2.43. The summed E-state index contributed by atoms with van der Waals surface area (Å²) in [5.41, 5.74) is 0.222. The zero-order valence-corrected chi connectivity index (χ0v) is 13.1. The maximum atomic E-state index is 12.5. The summed E-state index contributed by atoms with van der Waals surface area (Å²) in [5, 5.41) is 3.74. The van der Waals surface area contributed by atoms with E-state index in [4.69, 9.17) is 4.52 Å². The van der Waals surface area contributed by atoms with Gasteiger partial charge in [0.25, 0.3) is 5.91 Å². The van der Waals surface area contributed by atoms with Crippen LogP contribution < -0.4 is 0 Å². The first-order valence-corrected chi connectivity index (χ1v) is 7.67. The van der Waals surface area contributed by atoms with Crippen molar-refractivity contribution in [1.82, 2.24) is 19.9 Å². The van der Waals surface area contributed by atoms with E-state index in [0.717, 1.165) is 25.9 Å². The SMILES string of the molecule is CN1CC[C@]2(CCC1=O)CN(C(=O)c1ccon1)CCN2C. The molecule has 2 amide bonds. The molecule has 0 bridgehead atoms. The van der Waals surface area contributed by atoms with E-state index in [2.05, 4.69) is 17.1 Å². The van der Waals surface area contributed by atoms with Crippen molar-refractivity contribution < 1.29 is 14.1 Å². The lowest BCUT2D eigenvalue weighted by molar-refractivity contribution is -0.129. The molecule has 1 spiro atoms. The van der Waals surface area contributed by atoms with Crippen molar-refractivity contribution in [2.45, 2.75) is 24.8 Å². The highest BCUT2D eigenvalue weighted by atomic mass is 16.5. The first kappa shape index (κ1) is 15.0. The van der Waals surface area contributed by atoms with Gasteiger partial charge >= 0.3 is 0 Å². The van der Waals surface area contributed by atoms with Crippen LogP contribution in [0.25, 0.3) is 0 Å². The minimum Gasteiger partial charge on any atom is -0.364 e. The molecule has 0 N–H and O–H groups in total. The van der Waals surface area contributed by atoms with E-state index in [1.54, 1.807) is 11.0 Å². The summed E-state index contributed by atoms with van der Waals surface area (Å²) >= 11 is 0. The van der Waals surface area contributed by atoms with Crippen molar-refractivity contribution in [3.8, 4) is 0 Å². The monoisotopic (exact) mass is 306 g/mol. The van der Waals surface area contributed by atoms with Gasteiger partial charge in [0.15, 0.2) is 5.69 Å². The van der Waals surface area contributed by atoms with Crippen molar-refractivity contribution in [3.05, 3.63) is 18.0 Å². The van der Waals surface area contributed by atoms with E-state index < -0.39 is 0 Å². The Morgan fingerprint density at radius 3 is 2.82 bits per heavy atom.